The van der Waals surface area contributed by atoms with Crippen LogP contribution in [-0.2, 0) is 9.53 Å². The molecule has 2 fully saturated rings. The molecule has 3 rings (SSSR count). The second kappa shape index (κ2) is 6.09. The summed E-state index contributed by atoms with van der Waals surface area (Å²) in [4.78, 5) is 43.3. The van der Waals surface area contributed by atoms with Crippen LogP contribution in [0.25, 0.3) is 0 Å². The minimum atomic E-state index is -0.681. The van der Waals surface area contributed by atoms with E-state index < -0.39 is 17.2 Å². The fraction of sp³-hybridized carbons (Fsp3) is 0.588. The fourth-order valence-electron chi connectivity index (χ4n) is 3.33. The molecule has 1 spiro atoms. The molecule has 3 amide bonds. The molecule has 2 aliphatic heterocycles. The van der Waals surface area contributed by atoms with Crippen LogP contribution in [0.1, 0.15) is 37.7 Å². The largest absolute Gasteiger partial charge is 0.444 e. The van der Waals surface area contributed by atoms with Crippen molar-refractivity contribution in [2.24, 2.45) is 0 Å². The van der Waals surface area contributed by atoms with Crippen LogP contribution >= 0.6 is 0 Å². The van der Waals surface area contributed by atoms with Crippen molar-refractivity contribution in [2.45, 2.75) is 38.3 Å². The maximum absolute atomic E-state index is 12.9. The minimum absolute atomic E-state index is 0.106. The number of hydrogen-bond acceptors (Lipinski definition) is 4. The third-order valence-corrected chi connectivity index (χ3v) is 4.42. The fourth-order valence-corrected chi connectivity index (χ4v) is 3.33. The van der Waals surface area contributed by atoms with E-state index in [-0.39, 0.29) is 18.2 Å². The van der Waals surface area contributed by atoms with Crippen LogP contribution in [0, 0.1) is 0 Å². The molecule has 0 radical (unpaired) electrons. The Morgan fingerprint density at radius 2 is 2.00 bits per heavy atom. The molecule has 0 unspecified atom stereocenters. The van der Waals surface area contributed by atoms with Gasteiger partial charge in [0.2, 0.25) is 5.91 Å². The molecular weight excluding hydrogens is 324 g/mol. The third kappa shape index (κ3) is 3.47. The standard InChI is InChI=1S/C17H24N4O4/c1-16(2,3)25-15(24)20-10-17(11-20)9-13(22)19-7-8-21(17)14(23)12-5-4-6-18-12/h4-6,18H,7-11H2,1-3H3,(H,19,22). The van der Waals surface area contributed by atoms with Gasteiger partial charge in [-0.1, -0.05) is 0 Å². The van der Waals surface area contributed by atoms with Crippen molar-refractivity contribution in [2.75, 3.05) is 26.2 Å². The molecule has 0 atom stereocenters. The summed E-state index contributed by atoms with van der Waals surface area (Å²) >= 11 is 0. The van der Waals surface area contributed by atoms with Gasteiger partial charge in [0.1, 0.15) is 11.3 Å². The maximum Gasteiger partial charge on any atom is 0.410 e. The highest BCUT2D eigenvalue weighted by Gasteiger charge is 2.54. The van der Waals surface area contributed by atoms with Crippen LogP contribution in [0.4, 0.5) is 4.79 Å². The molecule has 136 valence electrons. The summed E-state index contributed by atoms with van der Waals surface area (Å²) in [6.45, 7) is 6.82. The first-order chi connectivity index (χ1) is 11.7. The monoisotopic (exact) mass is 348 g/mol. The van der Waals surface area contributed by atoms with Crippen LogP contribution < -0.4 is 5.32 Å². The summed E-state index contributed by atoms with van der Waals surface area (Å²) in [6, 6.07) is 3.47. The zero-order chi connectivity index (χ0) is 18.2. The number of H-pyrrole nitrogens is 1. The highest BCUT2D eigenvalue weighted by atomic mass is 16.6. The quantitative estimate of drug-likeness (QED) is 0.790. The van der Waals surface area contributed by atoms with Gasteiger partial charge in [0.25, 0.3) is 5.91 Å². The summed E-state index contributed by atoms with van der Waals surface area (Å²) in [5.74, 6) is -0.268. The molecule has 25 heavy (non-hydrogen) atoms. The zero-order valence-electron chi connectivity index (χ0n) is 14.8. The number of hydrogen-bond donors (Lipinski definition) is 2. The summed E-state index contributed by atoms with van der Waals surface area (Å²) in [7, 11) is 0. The van der Waals surface area contributed by atoms with Gasteiger partial charge in [0.15, 0.2) is 0 Å². The number of carbonyl (C=O) groups is 3. The molecule has 1 aromatic rings. The van der Waals surface area contributed by atoms with E-state index in [9.17, 15) is 14.4 Å². The Hall–Kier alpha value is -2.51. The van der Waals surface area contributed by atoms with E-state index in [1.54, 1.807) is 48.9 Å². The van der Waals surface area contributed by atoms with E-state index in [2.05, 4.69) is 10.3 Å². The van der Waals surface area contributed by atoms with Gasteiger partial charge in [-0.2, -0.15) is 0 Å². The van der Waals surface area contributed by atoms with Crippen LogP contribution in [0.5, 0.6) is 0 Å². The normalized spacial score (nSPS) is 19.9. The van der Waals surface area contributed by atoms with Gasteiger partial charge in [-0.25, -0.2) is 4.79 Å². The number of amides is 3. The second-order valence-electron chi connectivity index (χ2n) is 7.63. The molecule has 2 saturated heterocycles. The average Bonchev–Trinajstić information content (AvgIpc) is 2.93. The molecule has 0 saturated carbocycles. The van der Waals surface area contributed by atoms with Crippen molar-refractivity contribution < 1.29 is 19.1 Å². The Bertz CT molecular complexity index is 671. The lowest BCUT2D eigenvalue weighted by molar-refractivity contribution is -0.125. The first kappa shape index (κ1) is 17.3. The van der Waals surface area contributed by atoms with Gasteiger partial charge in [0, 0.05) is 32.4 Å². The lowest BCUT2D eigenvalue weighted by atomic mass is 9.84. The van der Waals surface area contributed by atoms with Gasteiger partial charge < -0.3 is 24.8 Å². The number of nitrogens with one attached hydrogen (secondary N) is 2. The molecule has 0 aromatic carbocycles. The van der Waals surface area contributed by atoms with E-state index in [1.165, 1.54) is 0 Å². The third-order valence-electron chi connectivity index (χ3n) is 4.42. The predicted molar refractivity (Wildman–Crippen MR) is 90.0 cm³/mol. The number of likely N-dealkylation sites (tertiary alicyclic amines) is 1. The molecule has 0 aliphatic carbocycles. The summed E-state index contributed by atoms with van der Waals surface area (Å²) in [5.41, 5.74) is -0.787. The first-order valence-electron chi connectivity index (χ1n) is 8.40. The Balaban J connectivity index is 1.78. The number of nitrogens with zero attached hydrogens (tertiary/aromatic N) is 2. The zero-order valence-corrected chi connectivity index (χ0v) is 14.8. The highest BCUT2D eigenvalue weighted by molar-refractivity contribution is 5.94. The number of aromatic amines is 1. The predicted octanol–water partition coefficient (Wildman–Crippen LogP) is 0.966. The highest BCUT2D eigenvalue weighted by Crippen LogP contribution is 2.34. The van der Waals surface area contributed by atoms with Crippen LogP contribution in [-0.4, -0.2) is 70.0 Å². The van der Waals surface area contributed by atoms with Crippen molar-refractivity contribution in [3.05, 3.63) is 24.0 Å². The number of carbonyl (C=O) groups excluding carboxylic acids is 3. The van der Waals surface area contributed by atoms with Crippen LogP contribution in [0.15, 0.2) is 18.3 Å². The molecule has 2 N–H and O–H groups in total. The van der Waals surface area contributed by atoms with E-state index in [0.717, 1.165) is 0 Å². The number of ether oxygens (including phenoxy) is 1. The van der Waals surface area contributed by atoms with Gasteiger partial charge in [-0.15, -0.1) is 0 Å². The van der Waals surface area contributed by atoms with Crippen molar-refractivity contribution in [3.63, 3.8) is 0 Å². The Morgan fingerprint density at radius 1 is 1.28 bits per heavy atom. The molecule has 8 nitrogen and oxygen atoms in total. The molecule has 8 heteroatoms. The van der Waals surface area contributed by atoms with Crippen LogP contribution in [0.2, 0.25) is 0 Å². The Morgan fingerprint density at radius 3 is 2.60 bits per heavy atom. The molecular formula is C17H24N4O4. The molecule has 1 aromatic heterocycles. The van der Waals surface area contributed by atoms with Gasteiger partial charge in [0.05, 0.1) is 12.0 Å². The maximum atomic E-state index is 12.9. The second-order valence-corrected chi connectivity index (χ2v) is 7.63. The van der Waals surface area contributed by atoms with Crippen molar-refractivity contribution in [1.29, 1.82) is 0 Å². The minimum Gasteiger partial charge on any atom is -0.444 e. The molecule has 0 bridgehead atoms. The van der Waals surface area contributed by atoms with Crippen molar-refractivity contribution in [3.8, 4) is 0 Å². The van der Waals surface area contributed by atoms with E-state index in [4.69, 9.17) is 4.74 Å². The average molecular weight is 348 g/mol. The SMILES string of the molecule is CC(C)(C)OC(=O)N1CC2(CC(=O)NCCN2C(=O)c2ccc[nH]2)C1. The first-order valence-corrected chi connectivity index (χ1v) is 8.40. The van der Waals surface area contributed by atoms with E-state index in [0.29, 0.717) is 31.9 Å². The smallest absolute Gasteiger partial charge is 0.410 e. The van der Waals surface area contributed by atoms with Crippen LogP contribution in [0.3, 0.4) is 0 Å². The number of aromatic nitrogens is 1. The Kier molecular flexibility index (Phi) is 4.22. The van der Waals surface area contributed by atoms with Crippen molar-refractivity contribution in [1.82, 2.24) is 20.1 Å². The van der Waals surface area contributed by atoms with Gasteiger partial charge in [-0.3, -0.25) is 9.59 Å². The van der Waals surface area contributed by atoms with E-state index in [1.807, 2.05) is 0 Å². The molecule has 3 heterocycles. The summed E-state index contributed by atoms with van der Waals surface area (Å²) in [6.07, 6.45) is 1.45. The summed E-state index contributed by atoms with van der Waals surface area (Å²) < 4.78 is 5.38. The summed E-state index contributed by atoms with van der Waals surface area (Å²) in [5, 5.41) is 2.80. The van der Waals surface area contributed by atoms with Gasteiger partial charge >= 0.3 is 6.09 Å². The topological polar surface area (TPSA) is 94.7 Å². The van der Waals surface area contributed by atoms with E-state index >= 15 is 0 Å². The van der Waals surface area contributed by atoms with Gasteiger partial charge in [-0.05, 0) is 32.9 Å². The lowest BCUT2D eigenvalue weighted by Crippen LogP contribution is -2.72. The molecule has 2 aliphatic rings. The van der Waals surface area contributed by atoms with Crippen molar-refractivity contribution >= 4 is 17.9 Å². The lowest BCUT2D eigenvalue weighted by Gasteiger charge is -2.54. The number of rotatable bonds is 1. The Labute approximate surface area is 146 Å².